The lowest BCUT2D eigenvalue weighted by Gasteiger charge is -2.17. The third kappa shape index (κ3) is 3.77. The molecule has 1 heterocycles. The maximum absolute atomic E-state index is 12.2. The average molecular weight is 330 g/mol. The molecule has 0 saturated carbocycles. The molecule has 3 rings (SSSR count). The summed E-state index contributed by atoms with van der Waals surface area (Å²) in [7, 11) is 0. The van der Waals surface area contributed by atoms with Crippen LogP contribution in [0.25, 0.3) is 0 Å². The lowest BCUT2D eigenvalue weighted by molar-refractivity contribution is 0.0951. The van der Waals surface area contributed by atoms with E-state index in [9.17, 15) is 4.79 Å². The van der Waals surface area contributed by atoms with Crippen molar-refractivity contribution in [1.82, 2.24) is 5.32 Å². The van der Waals surface area contributed by atoms with Gasteiger partial charge in [-0.05, 0) is 54.8 Å². The molecule has 3 N–H and O–H groups in total. The quantitative estimate of drug-likeness (QED) is 0.845. The topological polar surface area (TPSA) is 58.4 Å². The smallest absolute Gasteiger partial charge is 0.251 e. The van der Waals surface area contributed by atoms with Crippen LogP contribution in [0.3, 0.4) is 0 Å². The zero-order valence-corrected chi connectivity index (χ0v) is 13.6. The maximum atomic E-state index is 12.2. The van der Waals surface area contributed by atoms with Crippen LogP contribution >= 0.6 is 11.6 Å². The van der Waals surface area contributed by atoms with Crippen LogP contribution in [-0.4, -0.2) is 19.0 Å². The Kier molecular flexibility index (Phi) is 4.72. The van der Waals surface area contributed by atoms with E-state index in [1.807, 2.05) is 30.3 Å². The third-order valence-corrected chi connectivity index (χ3v) is 4.47. The SMILES string of the molecule is Nc1ccc(CNC(=O)c2ccc(N3CCCC3)cc2)c(Cl)c1. The van der Waals surface area contributed by atoms with Crippen LogP contribution in [0.1, 0.15) is 28.8 Å². The first kappa shape index (κ1) is 15.7. The molecular formula is C18H20ClN3O. The first-order valence-corrected chi connectivity index (χ1v) is 8.18. The Morgan fingerprint density at radius 3 is 2.48 bits per heavy atom. The number of anilines is 2. The predicted octanol–water partition coefficient (Wildman–Crippen LogP) is 3.45. The van der Waals surface area contributed by atoms with Gasteiger partial charge >= 0.3 is 0 Å². The molecule has 5 heteroatoms. The number of halogens is 1. The Morgan fingerprint density at radius 1 is 1.13 bits per heavy atom. The number of nitrogens with one attached hydrogen (secondary N) is 1. The van der Waals surface area contributed by atoms with Gasteiger partial charge in [-0.1, -0.05) is 17.7 Å². The van der Waals surface area contributed by atoms with E-state index >= 15 is 0 Å². The molecule has 0 spiro atoms. The zero-order chi connectivity index (χ0) is 16.2. The monoisotopic (exact) mass is 329 g/mol. The molecule has 0 atom stereocenters. The number of nitrogens with two attached hydrogens (primary N) is 1. The van der Waals surface area contributed by atoms with E-state index in [2.05, 4.69) is 10.2 Å². The zero-order valence-electron chi connectivity index (χ0n) is 12.9. The molecule has 0 aliphatic carbocycles. The van der Waals surface area contributed by atoms with E-state index < -0.39 is 0 Å². The molecule has 1 aliphatic heterocycles. The summed E-state index contributed by atoms with van der Waals surface area (Å²) in [6, 6.07) is 13.1. The second-order valence-electron chi connectivity index (χ2n) is 5.77. The fraction of sp³-hybridized carbons (Fsp3) is 0.278. The normalized spacial score (nSPS) is 14.0. The molecule has 1 fully saturated rings. The highest BCUT2D eigenvalue weighted by molar-refractivity contribution is 6.31. The molecule has 23 heavy (non-hydrogen) atoms. The standard InChI is InChI=1S/C18H20ClN3O/c19-17-11-15(20)6-3-14(17)12-21-18(23)13-4-7-16(8-5-13)22-9-1-2-10-22/h3-8,11H,1-2,9-10,12,20H2,(H,21,23). The van der Waals surface area contributed by atoms with Gasteiger partial charge in [0.25, 0.3) is 5.91 Å². The molecule has 2 aromatic rings. The average Bonchev–Trinajstić information content (AvgIpc) is 3.08. The minimum absolute atomic E-state index is 0.106. The van der Waals surface area contributed by atoms with Crippen molar-refractivity contribution < 1.29 is 4.79 Å². The molecule has 1 aliphatic rings. The Balaban J connectivity index is 1.61. The summed E-state index contributed by atoms with van der Waals surface area (Å²) in [5, 5.41) is 3.45. The molecule has 0 aromatic heterocycles. The van der Waals surface area contributed by atoms with Gasteiger partial charge in [0.05, 0.1) is 0 Å². The van der Waals surface area contributed by atoms with E-state index in [4.69, 9.17) is 17.3 Å². The van der Waals surface area contributed by atoms with Gasteiger partial charge in [-0.15, -0.1) is 0 Å². The number of nitrogens with zero attached hydrogens (tertiary/aromatic N) is 1. The summed E-state index contributed by atoms with van der Waals surface area (Å²) in [6.07, 6.45) is 2.48. The number of carbonyl (C=O) groups is 1. The maximum Gasteiger partial charge on any atom is 0.251 e. The van der Waals surface area contributed by atoms with Crippen molar-refractivity contribution in [1.29, 1.82) is 0 Å². The van der Waals surface area contributed by atoms with Crippen molar-refractivity contribution >= 4 is 28.9 Å². The molecule has 4 nitrogen and oxygen atoms in total. The van der Waals surface area contributed by atoms with Gasteiger partial charge in [-0.2, -0.15) is 0 Å². The summed E-state index contributed by atoms with van der Waals surface area (Å²) in [6.45, 7) is 2.58. The molecule has 1 saturated heterocycles. The van der Waals surface area contributed by atoms with Gasteiger partial charge < -0.3 is 16.0 Å². The van der Waals surface area contributed by atoms with Crippen molar-refractivity contribution in [3.63, 3.8) is 0 Å². The Labute approximate surface area is 141 Å². The molecule has 1 amide bonds. The van der Waals surface area contributed by atoms with Gasteiger partial charge in [0.1, 0.15) is 0 Å². The van der Waals surface area contributed by atoms with Crippen molar-refractivity contribution in [2.75, 3.05) is 23.7 Å². The first-order chi connectivity index (χ1) is 11.1. The van der Waals surface area contributed by atoms with Crippen molar-refractivity contribution in [3.05, 3.63) is 58.6 Å². The van der Waals surface area contributed by atoms with Crippen LogP contribution < -0.4 is 16.0 Å². The fourth-order valence-electron chi connectivity index (χ4n) is 2.78. The second-order valence-corrected chi connectivity index (χ2v) is 6.18. The van der Waals surface area contributed by atoms with Gasteiger partial charge in [0.15, 0.2) is 0 Å². The lowest BCUT2D eigenvalue weighted by Crippen LogP contribution is -2.23. The Hall–Kier alpha value is -2.20. The predicted molar refractivity (Wildman–Crippen MR) is 94.9 cm³/mol. The lowest BCUT2D eigenvalue weighted by atomic mass is 10.1. The largest absolute Gasteiger partial charge is 0.399 e. The molecule has 0 bridgehead atoms. The van der Waals surface area contributed by atoms with Crippen LogP contribution in [-0.2, 0) is 6.54 Å². The number of rotatable bonds is 4. The van der Waals surface area contributed by atoms with Crippen LogP contribution in [0.4, 0.5) is 11.4 Å². The summed E-state index contributed by atoms with van der Waals surface area (Å²) < 4.78 is 0. The molecule has 2 aromatic carbocycles. The number of carbonyl (C=O) groups excluding carboxylic acids is 1. The first-order valence-electron chi connectivity index (χ1n) is 7.80. The number of benzene rings is 2. The fourth-order valence-corrected chi connectivity index (χ4v) is 3.04. The highest BCUT2D eigenvalue weighted by atomic mass is 35.5. The Bertz CT molecular complexity index is 694. The number of hydrogen-bond acceptors (Lipinski definition) is 3. The van der Waals surface area contributed by atoms with Crippen LogP contribution in [0, 0.1) is 0 Å². The van der Waals surface area contributed by atoms with Crippen molar-refractivity contribution in [2.45, 2.75) is 19.4 Å². The molecule has 0 radical (unpaired) electrons. The van der Waals surface area contributed by atoms with Crippen LogP contribution in [0.15, 0.2) is 42.5 Å². The summed E-state index contributed by atoms with van der Waals surface area (Å²) in [5.41, 5.74) is 8.96. The highest BCUT2D eigenvalue weighted by Gasteiger charge is 2.13. The van der Waals surface area contributed by atoms with E-state index in [0.717, 1.165) is 18.7 Å². The van der Waals surface area contributed by atoms with Gasteiger partial charge in [0, 0.05) is 41.6 Å². The van der Waals surface area contributed by atoms with E-state index in [-0.39, 0.29) is 5.91 Å². The number of nitrogen functional groups attached to an aromatic ring is 1. The molecule has 120 valence electrons. The van der Waals surface area contributed by atoms with E-state index in [1.54, 1.807) is 12.1 Å². The van der Waals surface area contributed by atoms with Crippen LogP contribution in [0.2, 0.25) is 5.02 Å². The van der Waals surface area contributed by atoms with Gasteiger partial charge in [0.2, 0.25) is 0 Å². The summed E-state index contributed by atoms with van der Waals surface area (Å²) in [4.78, 5) is 14.6. The Morgan fingerprint density at radius 2 is 1.83 bits per heavy atom. The molecule has 0 unspecified atom stereocenters. The van der Waals surface area contributed by atoms with E-state index in [0.29, 0.717) is 22.8 Å². The summed E-state index contributed by atoms with van der Waals surface area (Å²) in [5.74, 6) is -0.106. The number of amides is 1. The van der Waals surface area contributed by atoms with Gasteiger partial charge in [-0.25, -0.2) is 0 Å². The minimum atomic E-state index is -0.106. The minimum Gasteiger partial charge on any atom is -0.399 e. The van der Waals surface area contributed by atoms with Gasteiger partial charge in [-0.3, -0.25) is 4.79 Å². The second kappa shape index (κ2) is 6.92. The highest BCUT2D eigenvalue weighted by Crippen LogP contribution is 2.21. The van der Waals surface area contributed by atoms with E-state index in [1.165, 1.54) is 18.5 Å². The third-order valence-electron chi connectivity index (χ3n) is 4.12. The van der Waals surface area contributed by atoms with Crippen LogP contribution in [0.5, 0.6) is 0 Å². The number of hydrogen-bond donors (Lipinski definition) is 2. The van der Waals surface area contributed by atoms with Crippen molar-refractivity contribution in [3.8, 4) is 0 Å². The molecular weight excluding hydrogens is 310 g/mol. The van der Waals surface area contributed by atoms with Crippen molar-refractivity contribution in [2.24, 2.45) is 0 Å². The summed E-state index contributed by atoms with van der Waals surface area (Å²) >= 11 is 6.12.